The molecule has 0 saturated carbocycles. The van der Waals surface area contributed by atoms with Gasteiger partial charge in [0.05, 0.1) is 32.1 Å². The zero-order chi connectivity index (χ0) is 21.8. The van der Waals surface area contributed by atoms with E-state index in [9.17, 15) is 13.2 Å². The van der Waals surface area contributed by atoms with Gasteiger partial charge in [0, 0.05) is 11.8 Å². The van der Waals surface area contributed by atoms with Gasteiger partial charge in [0.1, 0.15) is 13.1 Å². The van der Waals surface area contributed by atoms with Crippen molar-refractivity contribution in [2.24, 2.45) is 5.14 Å². The lowest BCUT2D eigenvalue weighted by Crippen LogP contribution is -2.66. The van der Waals surface area contributed by atoms with Crippen molar-refractivity contribution in [1.82, 2.24) is 8.79 Å². The average Bonchev–Trinajstić information content (AvgIpc) is 2.73. The number of nitrogens with two attached hydrogens (primary N) is 1. The number of benzene rings is 2. The summed E-state index contributed by atoms with van der Waals surface area (Å²) in [6.45, 7) is 1.12. The molecule has 1 unspecified atom stereocenters. The third kappa shape index (κ3) is 4.76. The number of amides is 1. The largest absolute Gasteiger partial charge is 0.491 e. The molecule has 0 aromatic heterocycles. The highest BCUT2D eigenvalue weighted by Gasteiger charge is 2.47. The first kappa shape index (κ1) is 22.5. The molecule has 1 heterocycles. The molecule has 162 valence electrons. The summed E-state index contributed by atoms with van der Waals surface area (Å²) in [5, 5.41) is 8.47. The number of hydrogen-bond donors (Lipinski definition) is 2. The van der Waals surface area contributed by atoms with Crippen LogP contribution in [-0.2, 0) is 15.0 Å². The Bertz CT molecular complexity index is 979. The minimum Gasteiger partial charge on any atom is -0.491 e. The Labute approximate surface area is 181 Å². The number of para-hydroxylation sites is 3. The van der Waals surface area contributed by atoms with Crippen LogP contribution in [0.25, 0.3) is 0 Å². The SMILES string of the molecule is COc1ccccc1[N+]1(S(N)(=O)=O)CCN(C(Cl)CC(=O)Nc2ccccc2)CC1. The molecule has 2 aromatic carbocycles. The normalized spacial score (nSPS) is 17.8. The lowest BCUT2D eigenvalue weighted by atomic mass is 10.2. The van der Waals surface area contributed by atoms with Crippen LogP contribution in [0.1, 0.15) is 6.42 Å². The Morgan fingerprint density at radius 1 is 1.17 bits per heavy atom. The fraction of sp³-hybridized carbons (Fsp3) is 0.350. The molecule has 10 heteroatoms. The van der Waals surface area contributed by atoms with Gasteiger partial charge in [-0.05, 0) is 18.2 Å². The Hall–Kier alpha value is -2.17. The number of hydrogen-bond acceptors (Lipinski definition) is 5. The Kier molecular flexibility index (Phi) is 6.99. The molecule has 3 N–H and O–H groups in total. The van der Waals surface area contributed by atoms with Crippen molar-refractivity contribution in [3.63, 3.8) is 0 Å². The first-order valence-corrected chi connectivity index (χ1v) is 11.5. The van der Waals surface area contributed by atoms with Gasteiger partial charge in [0.15, 0.2) is 11.4 Å². The van der Waals surface area contributed by atoms with E-state index in [2.05, 4.69) is 5.32 Å². The van der Waals surface area contributed by atoms with E-state index in [-0.39, 0.29) is 25.4 Å². The van der Waals surface area contributed by atoms with Crippen molar-refractivity contribution in [2.45, 2.75) is 11.9 Å². The van der Waals surface area contributed by atoms with E-state index >= 15 is 0 Å². The number of carbonyl (C=O) groups is 1. The van der Waals surface area contributed by atoms with Crippen molar-refractivity contribution in [1.29, 1.82) is 0 Å². The summed E-state index contributed by atoms with van der Waals surface area (Å²) in [6.07, 6.45) is 0.0838. The molecule has 8 nitrogen and oxygen atoms in total. The molecule has 30 heavy (non-hydrogen) atoms. The topological polar surface area (TPSA) is 102 Å². The summed E-state index contributed by atoms with van der Waals surface area (Å²) >= 11 is 6.49. The fourth-order valence-electron chi connectivity index (χ4n) is 3.70. The van der Waals surface area contributed by atoms with Crippen molar-refractivity contribution in [3.8, 4) is 5.75 Å². The summed E-state index contributed by atoms with van der Waals surface area (Å²) in [5.74, 6) is 0.258. The number of nitrogens with one attached hydrogen (secondary N) is 1. The highest BCUT2D eigenvalue weighted by atomic mass is 35.5. The molecule has 1 fully saturated rings. The lowest BCUT2D eigenvalue weighted by molar-refractivity contribution is -0.116. The number of carbonyl (C=O) groups excluding carboxylic acids is 1. The van der Waals surface area contributed by atoms with Crippen molar-refractivity contribution >= 4 is 39.1 Å². The van der Waals surface area contributed by atoms with Crippen LogP contribution in [0, 0.1) is 0 Å². The Morgan fingerprint density at radius 3 is 2.37 bits per heavy atom. The number of halogens is 1. The van der Waals surface area contributed by atoms with Crippen LogP contribution in [0.4, 0.5) is 11.4 Å². The predicted octanol–water partition coefficient (Wildman–Crippen LogP) is 2.12. The van der Waals surface area contributed by atoms with E-state index in [1.807, 2.05) is 23.1 Å². The molecule has 2 aromatic rings. The molecule has 1 amide bonds. The molecular weight excluding hydrogens is 428 g/mol. The third-order valence-corrected chi connectivity index (χ3v) is 7.28. The van der Waals surface area contributed by atoms with Crippen molar-refractivity contribution in [3.05, 3.63) is 54.6 Å². The van der Waals surface area contributed by atoms with Gasteiger partial charge in [-0.1, -0.05) is 30.3 Å². The van der Waals surface area contributed by atoms with E-state index in [1.54, 1.807) is 36.4 Å². The minimum absolute atomic E-state index is 0.0838. The minimum atomic E-state index is -3.98. The number of ether oxygens (including phenoxy) is 1. The van der Waals surface area contributed by atoms with E-state index in [0.717, 1.165) is 0 Å². The standard InChI is InChI=1S/C20H25ClN4O4S/c1-29-18-10-6-5-9-17(18)25(30(22,27)28)13-11-24(12-14-25)19(21)15-20(26)23-16-7-3-2-4-8-16/h2-10,19H,11-15H2,1H3,(H2-,22,23,26,27,28)/p+1. The summed E-state index contributed by atoms with van der Waals surface area (Å²) in [5.41, 5.74) is 0.634. The van der Waals surface area contributed by atoms with Gasteiger partial charge in [0.2, 0.25) is 5.91 Å². The van der Waals surface area contributed by atoms with E-state index < -0.39 is 19.6 Å². The summed E-state index contributed by atoms with van der Waals surface area (Å²) in [4.78, 5) is 14.2. The number of nitrogens with zero attached hydrogens (tertiary/aromatic N) is 2. The number of anilines is 1. The molecule has 3 rings (SSSR count). The van der Waals surface area contributed by atoms with E-state index in [4.69, 9.17) is 21.5 Å². The second-order valence-corrected chi connectivity index (χ2v) is 9.34. The Balaban J connectivity index is 1.70. The number of methoxy groups -OCH3 is 1. The highest BCUT2D eigenvalue weighted by molar-refractivity contribution is 7.88. The Morgan fingerprint density at radius 2 is 1.77 bits per heavy atom. The van der Waals surface area contributed by atoms with E-state index in [0.29, 0.717) is 30.2 Å². The maximum atomic E-state index is 12.6. The quantitative estimate of drug-likeness (QED) is 0.380. The summed E-state index contributed by atoms with van der Waals surface area (Å²) < 4.78 is 30.2. The maximum absolute atomic E-state index is 12.6. The van der Waals surface area contributed by atoms with Crippen molar-refractivity contribution in [2.75, 3.05) is 38.6 Å². The molecule has 0 bridgehead atoms. The molecule has 1 saturated heterocycles. The van der Waals surface area contributed by atoms with Crippen LogP contribution in [-0.4, -0.2) is 58.0 Å². The lowest BCUT2D eigenvalue weighted by Gasteiger charge is -2.42. The van der Waals surface area contributed by atoms with Gasteiger partial charge in [-0.25, -0.2) is 0 Å². The van der Waals surface area contributed by atoms with Crippen molar-refractivity contribution < 1.29 is 17.9 Å². The molecule has 1 atom stereocenters. The average molecular weight is 454 g/mol. The smallest absolute Gasteiger partial charge is 0.372 e. The van der Waals surface area contributed by atoms with Crippen LogP contribution in [0.3, 0.4) is 0 Å². The molecular formula is C20H26ClN4O4S+. The van der Waals surface area contributed by atoms with Crippen LogP contribution in [0.15, 0.2) is 54.6 Å². The predicted molar refractivity (Wildman–Crippen MR) is 119 cm³/mol. The number of alkyl halides is 1. The second kappa shape index (κ2) is 9.32. The molecule has 0 aliphatic carbocycles. The summed E-state index contributed by atoms with van der Waals surface area (Å²) in [6, 6.07) is 16.1. The number of rotatable bonds is 7. The number of piperazine rings is 1. The van der Waals surface area contributed by atoms with Gasteiger partial charge in [-0.3, -0.25) is 9.69 Å². The second-order valence-electron chi connectivity index (χ2n) is 7.11. The van der Waals surface area contributed by atoms with E-state index in [1.165, 1.54) is 7.11 Å². The fourth-order valence-corrected chi connectivity index (χ4v) is 5.13. The van der Waals surface area contributed by atoms with Gasteiger partial charge < -0.3 is 10.1 Å². The molecule has 1 aliphatic rings. The van der Waals surface area contributed by atoms with Crippen LogP contribution in [0.2, 0.25) is 0 Å². The number of quaternary nitrogens is 1. The third-order valence-electron chi connectivity index (χ3n) is 5.32. The van der Waals surface area contributed by atoms with Gasteiger partial charge in [0.25, 0.3) is 0 Å². The zero-order valence-corrected chi connectivity index (χ0v) is 18.3. The van der Waals surface area contributed by atoms with Gasteiger partial charge in [-0.2, -0.15) is 17.4 Å². The van der Waals surface area contributed by atoms with Crippen LogP contribution in [0.5, 0.6) is 5.75 Å². The molecule has 0 radical (unpaired) electrons. The highest BCUT2D eigenvalue weighted by Crippen LogP contribution is 2.37. The molecule has 1 aliphatic heterocycles. The molecule has 0 spiro atoms. The zero-order valence-electron chi connectivity index (χ0n) is 16.7. The first-order chi connectivity index (χ1) is 14.3. The van der Waals surface area contributed by atoms with Crippen LogP contribution < -0.4 is 19.1 Å². The maximum Gasteiger partial charge on any atom is 0.372 e. The summed E-state index contributed by atoms with van der Waals surface area (Å²) in [7, 11) is -2.48. The first-order valence-electron chi connectivity index (χ1n) is 9.53. The monoisotopic (exact) mass is 453 g/mol. The van der Waals surface area contributed by atoms with Crippen LogP contribution >= 0.6 is 11.6 Å². The van der Waals surface area contributed by atoms with Gasteiger partial charge >= 0.3 is 10.2 Å². The van der Waals surface area contributed by atoms with Gasteiger partial charge in [-0.15, -0.1) is 11.6 Å².